The third kappa shape index (κ3) is 6.39. The number of aliphatic hydroxyl groups excluding tert-OH is 1. The van der Waals surface area contributed by atoms with Crippen LogP contribution in [0, 0.1) is 0 Å². The van der Waals surface area contributed by atoms with Crippen LogP contribution in [0.3, 0.4) is 0 Å². The van der Waals surface area contributed by atoms with Crippen LogP contribution in [0.4, 0.5) is 5.69 Å². The molecule has 0 aliphatic rings. The van der Waals surface area contributed by atoms with Gasteiger partial charge in [-0.2, -0.15) is 0 Å². The molecule has 3 N–H and O–H groups in total. The van der Waals surface area contributed by atoms with Crippen LogP contribution in [-0.4, -0.2) is 23.5 Å². The fraction of sp³-hybridized carbons (Fsp3) is 0.300. The first-order valence-corrected chi connectivity index (χ1v) is 8.40. The van der Waals surface area contributed by atoms with Gasteiger partial charge < -0.3 is 15.7 Å². The zero-order valence-electron chi connectivity index (χ0n) is 14.4. The predicted molar refractivity (Wildman–Crippen MR) is 98.1 cm³/mol. The molecule has 2 amide bonds. The van der Waals surface area contributed by atoms with Crippen molar-refractivity contribution in [2.75, 3.05) is 11.9 Å². The largest absolute Gasteiger partial charge is 0.396 e. The van der Waals surface area contributed by atoms with Crippen molar-refractivity contribution in [3.8, 4) is 0 Å². The number of carbonyl (C=O) groups is 2. The Balaban J connectivity index is 1.97. The third-order valence-electron chi connectivity index (χ3n) is 3.83. The lowest BCUT2D eigenvalue weighted by Crippen LogP contribution is -2.30. The molecule has 5 nitrogen and oxygen atoms in total. The summed E-state index contributed by atoms with van der Waals surface area (Å²) in [5.74, 6) is -0.195. The van der Waals surface area contributed by atoms with Gasteiger partial charge in [-0.3, -0.25) is 9.59 Å². The highest BCUT2D eigenvalue weighted by Gasteiger charge is 2.14. The fourth-order valence-corrected chi connectivity index (χ4v) is 2.64. The van der Waals surface area contributed by atoms with Crippen LogP contribution >= 0.6 is 0 Å². The number of nitrogens with one attached hydrogen (secondary N) is 2. The van der Waals surface area contributed by atoms with Crippen molar-refractivity contribution in [3.63, 3.8) is 0 Å². The number of hydrogen-bond acceptors (Lipinski definition) is 3. The maximum atomic E-state index is 12.4. The van der Waals surface area contributed by atoms with Crippen LogP contribution in [0.25, 0.3) is 0 Å². The van der Waals surface area contributed by atoms with Gasteiger partial charge in [-0.15, -0.1) is 0 Å². The normalized spacial score (nSPS) is 11.6. The number of benzene rings is 2. The molecular weight excluding hydrogens is 316 g/mol. The van der Waals surface area contributed by atoms with Crippen molar-refractivity contribution in [1.29, 1.82) is 0 Å². The highest BCUT2D eigenvalue weighted by atomic mass is 16.3. The maximum absolute atomic E-state index is 12.4. The van der Waals surface area contributed by atoms with E-state index in [2.05, 4.69) is 10.6 Å². The Kier molecular flexibility index (Phi) is 7.16. The van der Waals surface area contributed by atoms with Crippen molar-refractivity contribution >= 4 is 17.5 Å². The van der Waals surface area contributed by atoms with Gasteiger partial charge in [0.25, 0.3) is 0 Å². The van der Waals surface area contributed by atoms with Gasteiger partial charge in [0.15, 0.2) is 0 Å². The molecule has 0 fully saturated rings. The molecule has 132 valence electrons. The van der Waals surface area contributed by atoms with Crippen LogP contribution in [-0.2, 0) is 16.0 Å². The minimum atomic E-state index is -0.125. The molecule has 0 bridgehead atoms. The number of hydrogen-bond donors (Lipinski definition) is 3. The zero-order valence-corrected chi connectivity index (χ0v) is 14.4. The maximum Gasteiger partial charge on any atom is 0.224 e. The van der Waals surface area contributed by atoms with Crippen LogP contribution in [0.5, 0.6) is 0 Å². The second kappa shape index (κ2) is 9.59. The summed E-state index contributed by atoms with van der Waals surface area (Å²) in [5, 5.41) is 14.8. The molecule has 0 heterocycles. The standard InChI is InChI=1S/C20H24N2O3/c1-15(24)21-18-11-9-16(10-12-18)14-20(25)22-19(8-5-13-23)17-6-3-2-4-7-17/h2-4,6-7,9-12,19,23H,5,8,13-14H2,1H3,(H,21,24)(H,22,25). The van der Waals surface area contributed by atoms with E-state index < -0.39 is 0 Å². The first-order valence-electron chi connectivity index (χ1n) is 8.40. The summed E-state index contributed by atoms with van der Waals surface area (Å²) in [6.07, 6.45) is 1.59. The number of aliphatic hydroxyl groups is 1. The molecule has 0 radical (unpaired) electrons. The smallest absolute Gasteiger partial charge is 0.224 e. The summed E-state index contributed by atoms with van der Waals surface area (Å²) in [6, 6.07) is 16.9. The molecular formula is C20H24N2O3. The van der Waals surface area contributed by atoms with E-state index in [9.17, 15) is 9.59 Å². The SMILES string of the molecule is CC(=O)Nc1ccc(CC(=O)NC(CCCO)c2ccccc2)cc1. The first kappa shape index (κ1) is 18.7. The highest BCUT2D eigenvalue weighted by Crippen LogP contribution is 2.18. The minimum absolute atomic E-state index is 0.0703. The molecule has 0 saturated heterocycles. The van der Waals surface area contributed by atoms with Gasteiger partial charge in [-0.05, 0) is 36.1 Å². The molecule has 1 atom stereocenters. The Morgan fingerprint density at radius 1 is 1.04 bits per heavy atom. The van der Waals surface area contributed by atoms with Gasteiger partial charge in [0.1, 0.15) is 0 Å². The number of amides is 2. The minimum Gasteiger partial charge on any atom is -0.396 e. The summed E-state index contributed by atoms with van der Waals surface area (Å²) in [5.41, 5.74) is 2.62. The summed E-state index contributed by atoms with van der Waals surface area (Å²) in [7, 11) is 0. The van der Waals surface area contributed by atoms with E-state index in [1.165, 1.54) is 6.92 Å². The van der Waals surface area contributed by atoms with Gasteiger partial charge in [-0.1, -0.05) is 42.5 Å². The lowest BCUT2D eigenvalue weighted by Gasteiger charge is -2.19. The molecule has 0 aliphatic carbocycles. The van der Waals surface area contributed by atoms with Gasteiger partial charge in [0.2, 0.25) is 11.8 Å². The van der Waals surface area contributed by atoms with Gasteiger partial charge in [0, 0.05) is 19.2 Å². The fourth-order valence-electron chi connectivity index (χ4n) is 2.64. The molecule has 2 aromatic carbocycles. The summed E-state index contributed by atoms with van der Waals surface area (Å²) >= 11 is 0. The molecule has 1 unspecified atom stereocenters. The lowest BCUT2D eigenvalue weighted by atomic mass is 10.0. The van der Waals surface area contributed by atoms with Crippen LogP contribution in [0.1, 0.15) is 36.9 Å². The van der Waals surface area contributed by atoms with E-state index in [0.29, 0.717) is 18.5 Å². The summed E-state index contributed by atoms with van der Waals surface area (Å²) < 4.78 is 0. The van der Waals surface area contributed by atoms with E-state index in [0.717, 1.165) is 11.1 Å². The molecule has 2 rings (SSSR count). The molecule has 2 aromatic rings. The molecule has 25 heavy (non-hydrogen) atoms. The second-order valence-corrected chi connectivity index (χ2v) is 5.95. The zero-order chi connectivity index (χ0) is 18.1. The molecule has 0 spiro atoms. The second-order valence-electron chi connectivity index (χ2n) is 5.95. The number of anilines is 1. The van der Waals surface area contributed by atoms with Crippen LogP contribution in [0.15, 0.2) is 54.6 Å². The Morgan fingerprint density at radius 2 is 1.72 bits per heavy atom. The van der Waals surface area contributed by atoms with Gasteiger partial charge in [-0.25, -0.2) is 0 Å². The lowest BCUT2D eigenvalue weighted by molar-refractivity contribution is -0.121. The van der Waals surface area contributed by atoms with Crippen molar-refractivity contribution < 1.29 is 14.7 Å². The Hall–Kier alpha value is -2.66. The highest BCUT2D eigenvalue weighted by molar-refractivity contribution is 5.88. The Labute approximate surface area is 148 Å². The summed E-state index contributed by atoms with van der Waals surface area (Å²) in [4.78, 5) is 23.4. The Morgan fingerprint density at radius 3 is 2.32 bits per heavy atom. The van der Waals surface area contributed by atoms with Crippen LogP contribution in [0.2, 0.25) is 0 Å². The number of rotatable bonds is 8. The van der Waals surface area contributed by atoms with E-state index in [-0.39, 0.29) is 30.9 Å². The molecule has 0 saturated carbocycles. The average Bonchev–Trinajstić information content (AvgIpc) is 2.60. The molecule has 0 aromatic heterocycles. The molecule has 5 heteroatoms. The van der Waals surface area contributed by atoms with Crippen molar-refractivity contribution in [2.45, 2.75) is 32.2 Å². The molecule has 0 aliphatic heterocycles. The third-order valence-corrected chi connectivity index (χ3v) is 3.83. The first-order chi connectivity index (χ1) is 12.1. The predicted octanol–water partition coefficient (Wildman–Crippen LogP) is 2.82. The van der Waals surface area contributed by atoms with Crippen molar-refractivity contribution in [2.24, 2.45) is 0 Å². The topological polar surface area (TPSA) is 78.4 Å². The van der Waals surface area contributed by atoms with Gasteiger partial charge in [0.05, 0.1) is 12.5 Å². The van der Waals surface area contributed by atoms with E-state index in [1.807, 2.05) is 42.5 Å². The van der Waals surface area contributed by atoms with Crippen molar-refractivity contribution in [1.82, 2.24) is 5.32 Å². The Bertz CT molecular complexity index is 684. The summed E-state index contributed by atoms with van der Waals surface area (Å²) in [6.45, 7) is 1.56. The van der Waals surface area contributed by atoms with E-state index in [1.54, 1.807) is 12.1 Å². The quantitative estimate of drug-likeness (QED) is 0.691. The van der Waals surface area contributed by atoms with E-state index in [4.69, 9.17) is 5.11 Å². The average molecular weight is 340 g/mol. The van der Waals surface area contributed by atoms with Gasteiger partial charge >= 0.3 is 0 Å². The monoisotopic (exact) mass is 340 g/mol. The van der Waals surface area contributed by atoms with Crippen molar-refractivity contribution in [3.05, 3.63) is 65.7 Å². The van der Waals surface area contributed by atoms with Crippen LogP contribution < -0.4 is 10.6 Å². The number of carbonyl (C=O) groups excluding carboxylic acids is 2. The van der Waals surface area contributed by atoms with E-state index >= 15 is 0 Å².